The molecule has 0 unspecified atom stereocenters. The number of para-hydroxylation sites is 2. The van der Waals surface area contributed by atoms with Gasteiger partial charge in [-0.1, -0.05) is 12.1 Å². The lowest BCUT2D eigenvalue weighted by atomic mass is 10.2. The van der Waals surface area contributed by atoms with Crippen molar-refractivity contribution in [3.05, 3.63) is 59.0 Å². The van der Waals surface area contributed by atoms with Crippen LogP contribution in [0.25, 0.3) is 0 Å². The zero-order valence-corrected chi connectivity index (χ0v) is 10.4. The normalized spacial score (nSPS) is 10.1. The molecule has 0 radical (unpaired) electrons. The molecule has 2 aromatic rings. The summed E-state index contributed by atoms with van der Waals surface area (Å²) in [4.78, 5) is 22.7. The van der Waals surface area contributed by atoms with Gasteiger partial charge in [-0.2, -0.15) is 0 Å². The van der Waals surface area contributed by atoms with E-state index < -0.39 is 0 Å². The Morgan fingerprint density at radius 2 is 1.84 bits per heavy atom. The second-order valence-electron chi connectivity index (χ2n) is 4.16. The highest BCUT2D eigenvalue weighted by Crippen LogP contribution is 2.16. The number of benzene rings is 1. The second-order valence-corrected chi connectivity index (χ2v) is 4.16. The number of nitrogens with zero attached hydrogens (tertiary/aromatic N) is 1. The summed E-state index contributed by atoms with van der Waals surface area (Å²) in [6.07, 6.45) is 3.64. The SMILES string of the molecule is Nc1ccccc1NC(=O)CCn1ccc(=O)cc1. The van der Waals surface area contributed by atoms with Crippen LogP contribution in [0.15, 0.2) is 53.6 Å². The van der Waals surface area contributed by atoms with Gasteiger partial charge in [0, 0.05) is 37.5 Å². The number of amides is 1. The van der Waals surface area contributed by atoms with Gasteiger partial charge in [-0.15, -0.1) is 0 Å². The van der Waals surface area contributed by atoms with Gasteiger partial charge in [-0.25, -0.2) is 0 Å². The van der Waals surface area contributed by atoms with Crippen LogP contribution in [-0.2, 0) is 11.3 Å². The zero-order chi connectivity index (χ0) is 13.7. The van der Waals surface area contributed by atoms with Crippen molar-refractivity contribution >= 4 is 17.3 Å². The third-order valence-corrected chi connectivity index (χ3v) is 2.69. The van der Waals surface area contributed by atoms with E-state index in [9.17, 15) is 9.59 Å². The van der Waals surface area contributed by atoms with Crippen LogP contribution < -0.4 is 16.5 Å². The molecule has 0 aliphatic heterocycles. The Hall–Kier alpha value is -2.56. The van der Waals surface area contributed by atoms with Gasteiger partial charge in [-0.05, 0) is 12.1 Å². The van der Waals surface area contributed by atoms with Crippen molar-refractivity contribution in [1.82, 2.24) is 4.57 Å². The number of anilines is 2. The first kappa shape index (κ1) is 12.9. The maximum Gasteiger partial charge on any atom is 0.226 e. The van der Waals surface area contributed by atoms with Crippen LogP contribution in [0, 0.1) is 0 Å². The molecule has 5 heteroatoms. The molecule has 5 nitrogen and oxygen atoms in total. The Morgan fingerprint density at radius 3 is 2.53 bits per heavy atom. The third-order valence-electron chi connectivity index (χ3n) is 2.69. The molecule has 1 amide bonds. The summed E-state index contributed by atoms with van der Waals surface area (Å²) in [5.41, 5.74) is 6.85. The van der Waals surface area contributed by atoms with Crippen molar-refractivity contribution < 1.29 is 4.79 Å². The van der Waals surface area contributed by atoms with Gasteiger partial charge in [0.2, 0.25) is 5.91 Å². The molecule has 19 heavy (non-hydrogen) atoms. The predicted octanol–water partition coefficient (Wildman–Crippen LogP) is 1.46. The summed E-state index contributed by atoms with van der Waals surface area (Å²) in [6, 6.07) is 10.0. The number of nitrogen functional groups attached to an aromatic ring is 1. The fraction of sp³-hybridized carbons (Fsp3) is 0.143. The van der Waals surface area contributed by atoms with E-state index >= 15 is 0 Å². The highest BCUT2D eigenvalue weighted by Gasteiger charge is 2.04. The van der Waals surface area contributed by atoms with Crippen LogP contribution in [0.4, 0.5) is 11.4 Å². The van der Waals surface area contributed by atoms with E-state index in [0.29, 0.717) is 24.3 Å². The molecule has 1 aromatic carbocycles. The van der Waals surface area contributed by atoms with Gasteiger partial charge in [-0.3, -0.25) is 9.59 Å². The number of rotatable bonds is 4. The van der Waals surface area contributed by atoms with Gasteiger partial charge in [0.1, 0.15) is 0 Å². The molecule has 1 heterocycles. The summed E-state index contributed by atoms with van der Waals surface area (Å²) in [6.45, 7) is 0.513. The Balaban J connectivity index is 1.90. The molecule has 0 fully saturated rings. The minimum absolute atomic E-state index is 0.0437. The Labute approximate surface area is 110 Å². The number of nitrogens with two attached hydrogens (primary N) is 1. The van der Waals surface area contributed by atoms with Crippen molar-refractivity contribution in [3.8, 4) is 0 Å². The quantitative estimate of drug-likeness (QED) is 0.814. The maximum atomic E-state index is 11.8. The number of carbonyl (C=O) groups excluding carboxylic acids is 1. The topological polar surface area (TPSA) is 77.1 Å². The van der Waals surface area contributed by atoms with Crippen molar-refractivity contribution in [1.29, 1.82) is 0 Å². The van der Waals surface area contributed by atoms with Crippen LogP contribution in [0.1, 0.15) is 6.42 Å². The highest BCUT2D eigenvalue weighted by molar-refractivity contribution is 5.93. The molecule has 0 atom stereocenters. The molecule has 3 N–H and O–H groups in total. The monoisotopic (exact) mass is 257 g/mol. The first-order valence-corrected chi connectivity index (χ1v) is 5.95. The highest BCUT2D eigenvalue weighted by atomic mass is 16.1. The van der Waals surface area contributed by atoms with Crippen LogP contribution in [0.2, 0.25) is 0 Å². The second kappa shape index (κ2) is 5.86. The molecule has 0 saturated heterocycles. The van der Waals surface area contributed by atoms with Crippen LogP contribution in [-0.4, -0.2) is 10.5 Å². The van der Waals surface area contributed by atoms with E-state index in [2.05, 4.69) is 5.32 Å². The molecule has 0 aliphatic carbocycles. The number of aryl methyl sites for hydroxylation is 1. The molecule has 0 spiro atoms. The first-order valence-electron chi connectivity index (χ1n) is 5.95. The van der Waals surface area contributed by atoms with Gasteiger partial charge in [0.25, 0.3) is 0 Å². The smallest absolute Gasteiger partial charge is 0.226 e. The lowest BCUT2D eigenvalue weighted by Crippen LogP contribution is -2.15. The fourth-order valence-electron chi connectivity index (χ4n) is 1.65. The standard InChI is InChI=1S/C14H15N3O2/c15-12-3-1-2-4-13(12)16-14(19)7-10-17-8-5-11(18)6-9-17/h1-6,8-9H,7,10,15H2,(H,16,19). The first-order chi connectivity index (χ1) is 9.15. The summed E-state index contributed by atoms with van der Waals surface area (Å²) in [5, 5.41) is 2.75. The third kappa shape index (κ3) is 3.70. The molecule has 2 rings (SSSR count). The zero-order valence-electron chi connectivity index (χ0n) is 10.4. The molecule has 98 valence electrons. The summed E-state index contributed by atoms with van der Waals surface area (Å²) in [7, 11) is 0. The van der Waals surface area contributed by atoms with Crippen LogP contribution >= 0.6 is 0 Å². The van der Waals surface area contributed by atoms with Crippen molar-refractivity contribution in [2.75, 3.05) is 11.1 Å². The number of hydrogen-bond donors (Lipinski definition) is 2. The van der Waals surface area contributed by atoms with Crippen molar-refractivity contribution in [2.45, 2.75) is 13.0 Å². The molecule has 1 aromatic heterocycles. The lowest BCUT2D eigenvalue weighted by molar-refractivity contribution is -0.116. The maximum absolute atomic E-state index is 11.8. The molecule has 0 saturated carbocycles. The fourth-order valence-corrected chi connectivity index (χ4v) is 1.65. The minimum atomic E-state index is -0.114. The lowest BCUT2D eigenvalue weighted by Gasteiger charge is -2.09. The predicted molar refractivity (Wildman–Crippen MR) is 74.8 cm³/mol. The van der Waals surface area contributed by atoms with Gasteiger partial charge < -0.3 is 15.6 Å². The summed E-state index contributed by atoms with van der Waals surface area (Å²) < 4.78 is 1.79. The summed E-state index contributed by atoms with van der Waals surface area (Å²) in [5.74, 6) is -0.114. The largest absolute Gasteiger partial charge is 0.397 e. The number of carbonyl (C=O) groups is 1. The summed E-state index contributed by atoms with van der Waals surface area (Å²) >= 11 is 0. The average molecular weight is 257 g/mol. The van der Waals surface area contributed by atoms with E-state index in [1.165, 1.54) is 12.1 Å². The average Bonchev–Trinajstić information content (AvgIpc) is 2.41. The number of hydrogen-bond acceptors (Lipinski definition) is 3. The van der Waals surface area contributed by atoms with Crippen LogP contribution in [0.5, 0.6) is 0 Å². The van der Waals surface area contributed by atoms with E-state index in [-0.39, 0.29) is 11.3 Å². The van der Waals surface area contributed by atoms with Crippen LogP contribution in [0.3, 0.4) is 0 Å². The van der Waals surface area contributed by atoms with Gasteiger partial charge in [0.05, 0.1) is 11.4 Å². The Bertz CT molecular complexity index is 614. The minimum Gasteiger partial charge on any atom is -0.397 e. The van der Waals surface area contributed by atoms with Crippen molar-refractivity contribution in [2.24, 2.45) is 0 Å². The van der Waals surface area contributed by atoms with E-state index in [0.717, 1.165) is 0 Å². The Morgan fingerprint density at radius 1 is 1.16 bits per heavy atom. The number of aromatic nitrogens is 1. The molecular weight excluding hydrogens is 242 g/mol. The molecule has 0 bridgehead atoms. The molecule has 0 aliphatic rings. The number of pyridine rings is 1. The van der Waals surface area contributed by atoms with E-state index in [4.69, 9.17) is 5.73 Å². The van der Waals surface area contributed by atoms with E-state index in [1.54, 1.807) is 29.1 Å². The number of nitrogens with one attached hydrogen (secondary N) is 1. The van der Waals surface area contributed by atoms with Gasteiger partial charge >= 0.3 is 0 Å². The van der Waals surface area contributed by atoms with Crippen molar-refractivity contribution in [3.63, 3.8) is 0 Å². The van der Waals surface area contributed by atoms with Gasteiger partial charge in [0.15, 0.2) is 5.43 Å². The van der Waals surface area contributed by atoms with E-state index in [1.807, 2.05) is 12.1 Å². The molecular formula is C14H15N3O2. The Kier molecular flexibility index (Phi) is 3.97.